The van der Waals surface area contributed by atoms with Gasteiger partial charge in [0, 0.05) is 21.3 Å². The van der Waals surface area contributed by atoms with Crippen molar-refractivity contribution in [3.63, 3.8) is 0 Å². The minimum Gasteiger partial charge on any atom is -0.465 e. The molecule has 0 saturated carbocycles. The van der Waals surface area contributed by atoms with E-state index in [2.05, 4.69) is 50.8 Å². The Hall–Kier alpha value is -4.48. The van der Waals surface area contributed by atoms with Gasteiger partial charge in [-0.15, -0.1) is 0 Å². The van der Waals surface area contributed by atoms with E-state index in [9.17, 15) is 9.59 Å². The van der Waals surface area contributed by atoms with Gasteiger partial charge in [0.15, 0.2) is 5.78 Å². The van der Waals surface area contributed by atoms with Gasteiger partial charge in [-0.1, -0.05) is 76.6 Å². The molecule has 0 spiro atoms. The lowest BCUT2D eigenvalue weighted by Crippen LogP contribution is -2.03. The van der Waals surface area contributed by atoms with Crippen LogP contribution < -0.4 is 0 Å². The van der Waals surface area contributed by atoms with E-state index < -0.39 is 0 Å². The Morgan fingerprint density at radius 3 is 1.92 bits per heavy atom. The van der Waals surface area contributed by atoms with Crippen LogP contribution >= 0.6 is 15.9 Å². The molecular formula is C33H24BrNO3. The summed E-state index contributed by atoms with van der Waals surface area (Å²) in [6.45, 7) is 0. The maximum atomic E-state index is 13.0. The Morgan fingerprint density at radius 2 is 1.32 bits per heavy atom. The number of carbonyl (C=O) groups is 2. The van der Waals surface area contributed by atoms with E-state index in [0.29, 0.717) is 11.1 Å². The second kappa shape index (κ2) is 11.3. The molecule has 4 nitrogen and oxygen atoms in total. The molecule has 5 rings (SSSR count). The van der Waals surface area contributed by atoms with Gasteiger partial charge in [-0.3, -0.25) is 4.79 Å². The summed E-state index contributed by atoms with van der Waals surface area (Å²) >= 11 is 3.42. The van der Waals surface area contributed by atoms with Gasteiger partial charge < -0.3 is 9.30 Å². The second-order valence-corrected chi connectivity index (χ2v) is 9.56. The number of aromatic nitrogens is 1. The molecule has 0 N–H and O–H groups in total. The van der Waals surface area contributed by atoms with Crippen molar-refractivity contribution in [2.24, 2.45) is 0 Å². The van der Waals surface area contributed by atoms with Gasteiger partial charge in [0.1, 0.15) is 0 Å². The van der Waals surface area contributed by atoms with Crippen molar-refractivity contribution in [2.45, 2.75) is 0 Å². The fourth-order valence-corrected chi connectivity index (χ4v) is 4.64. The van der Waals surface area contributed by atoms with Crippen LogP contribution in [0.5, 0.6) is 0 Å². The molecule has 0 bridgehead atoms. The number of nitrogens with zero attached hydrogens (tertiary/aromatic N) is 1. The Balaban J connectivity index is 1.70. The lowest BCUT2D eigenvalue weighted by atomic mass is 10.1. The van der Waals surface area contributed by atoms with Crippen LogP contribution in [0.3, 0.4) is 0 Å². The number of ketones is 1. The van der Waals surface area contributed by atoms with Crippen molar-refractivity contribution in [3.8, 4) is 28.2 Å². The van der Waals surface area contributed by atoms with Crippen molar-refractivity contribution in [1.82, 2.24) is 4.57 Å². The maximum Gasteiger partial charge on any atom is 0.337 e. The molecule has 0 aliphatic rings. The van der Waals surface area contributed by atoms with E-state index >= 15 is 0 Å². The Labute approximate surface area is 230 Å². The molecule has 38 heavy (non-hydrogen) atoms. The summed E-state index contributed by atoms with van der Waals surface area (Å²) in [5, 5.41) is 0. The molecule has 0 fully saturated rings. The zero-order valence-electron chi connectivity index (χ0n) is 20.7. The van der Waals surface area contributed by atoms with Crippen LogP contribution in [0.1, 0.15) is 26.3 Å². The van der Waals surface area contributed by atoms with E-state index in [0.717, 1.165) is 38.2 Å². The molecule has 0 aliphatic carbocycles. The number of ether oxygens (including phenoxy) is 1. The number of esters is 1. The van der Waals surface area contributed by atoms with E-state index in [1.807, 2.05) is 66.7 Å². The van der Waals surface area contributed by atoms with E-state index in [4.69, 9.17) is 4.74 Å². The van der Waals surface area contributed by atoms with Crippen molar-refractivity contribution in [1.29, 1.82) is 0 Å². The number of rotatable bonds is 7. The van der Waals surface area contributed by atoms with Crippen molar-refractivity contribution >= 4 is 33.8 Å². The number of halogens is 1. The zero-order chi connectivity index (χ0) is 26.5. The number of hydrogen-bond acceptors (Lipinski definition) is 3. The van der Waals surface area contributed by atoms with Gasteiger partial charge in [0.25, 0.3) is 0 Å². The van der Waals surface area contributed by atoms with Crippen LogP contribution in [-0.4, -0.2) is 23.4 Å². The molecule has 5 heteroatoms. The van der Waals surface area contributed by atoms with E-state index in [-0.39, 0.29) is 11.8 Å². The Bertz CT molecular complexity index is 1600. The lowest BCUT2D eigenvalue weighted by Gasteiger charge is -2.15. The van der Waals surface area contributed by atoms with Crippen LogP contribution in [-0.2, 0) is 4.74 Å². The first kappa shape index (κ1) is 25.2. The average molecular weight is 562 g/mol. The Kier molecular flexibility index (Phi) is 7.47. The SMILES string of the molecule is COC(=O)c1ccc(-n2c(-c3ccccc3)cc(/C=C\C(=O)c3ccc(Br)cc3)c2-c2ccccc2)cc1. The van der Waals surface area contributed by atoms with E-state index in [1.54, 1.807) is 30.3 Å². The number of allylic oxidation sites excluding steroid dienone is 1. The Morgan fingerprint density at radius 1 is 0.737 bits per heavy atom. The van der Waals surface area contributed by atoms with Gasteiger partial charge in [0.05, 0.1) is 24.1 Å². The van der Waals surface area contributed by atoms with E-state index in [1.165, 1.54) is 7.11 Å². The number of hydrogen-bond donors (Lipinski definition) is 0. The fourth-order valence-electron chi connectivity index (χ4n) is 4.38. The van der Waals surface area contributed by atoms with Crippen molar-refractivity contribution in [3.05, 3.63) is 143 Å². The summed E-state index contributed by atoms with van der Waals surface area (Å²) in [6, 6.07) is 36.9. The van der Waals surface area contributed by atoms with Crippen LogP contribution in [0.4, 0.5) is 0 Å². The molecule has 0 unspecified atom stereocenters. The van der Waals surface area contributed by atoms with Crippen LogP contribution in [0.2, 0.25) is 0 Å². The zero-order valence-corrected chi connectivity index (χ0v) is 22.3. The first-order chi connectivity index (χ1) is 18.5. The highest BCUT2D eigenvalue weighted by Gasteiger charge is 2.19. The highest BCUT2D eigenvalue weighted by Crippen LogP contribution is 2.37. The summed E-state index contributed by atoms with van der Waals surface area (Å²) in [5.41, 5.74) is 6.81. The number of methoxy groups -OCH3 is 1. The molecule has 0 aliphatic heterocycles. The third kappa shape index (κ3) is 5.29. The van der Waals surface area contributed by atoms with Gasteiger partial charge >= 0.3 is 5.97 Å². The molecule has 0 saturated heterocycles. The van der Waals surface area contributed by atoms with Gasteiger partial charge in [-0.25, -0.2) is 4.79 Å². The highest BCUT2D eigenvalue weighted by atomic mass is 79.9. The molecule has 1 aromatic heterocycles. The largest absolute Gasteiger partial charge is 0.465 e. The molecule has 0 radical (unpaired) electrons. The average Bonchev–Trinajstić information content (AvgIpc) is 3.36. The third-order valence-corrected chi connectivity index (χ3v) is 6.77. The topological polar surface area (TPSA) is 48.3 Å². The quantitative estimate of drug-likeness (QED) is 0.114. The van der Waals surface area contributed by atoms with Crippen molar-refractivity contribution in [2.75, 3.05) is 7.11 Å². The maximum absolute atomic E-state index is 13.0. The van der Waals surface area contributed by atoms with Crippen LogP contribution in [0.25, 0.3) is 34.3 Å². The predicted molar refractivity (Wildman–Crippen MR) is 155 cm³/mol. The third-order valence-electron chi connectivity index (χ3n) is 6.24. The standard InChI is InChI=1S/C33H24BrNO3/c1-38-33(37)26-14-19-29(20-15-26)35-30(23-8-4-2-5-9-23)22-27(32(35)25-10-6-3-7-11-25)16-21-31(36)24-12-17-28(34)18-13-24/h2-22H,1H3/b21-16-. The summed E-state index contributed by atoms with van der Waals surface area (Å²) in [7, 11) is 1.37. The molecule has 4 aromatic carbocycles. The molecule has 186 valence electrons. The summed E-state index contributed by atoms with van der Waals surface area (Å²) in [4.78, 5) is 25.0. The monoisotopic (exact) mass is 561 g/mol. The minimum atomic E-state index is -0.384. The van der Waals surface area contributed by atoms with Crippen molar-refractivity contribution < 1.29 is 14.3 Å². The summed E-state index contributed by atoms with van der Waals surface area (Å²) in [5.74, 6) is -0.460. The first-order valence-electron chi connectivity index (χ1n) is 12.1. The second-order valence-electron chi connectivity index (χ2n) is 8.64. The summed E-state index contributed by atoms with van der Waals surface area (Å²) in [6.07, 6.45) is 3.49. The number of carbonyl (C=O) groups excluding carboxylic acids is 2. The fraction of sp³-hybridized carbons (Fsp3) is 0.0303. The minimum absolute atomic E-state index is 0.0760. The molecule has 1 heterocycles. The molecule has 0 amide bonds. The van der Waals surface area contributed by atoms with Gasteiger partial charge in [0.2, 0.25) is 0 Å². The molecular weight excluding hydrogens is 538 g/mol. The smallest absolute Gasteiger partial charge is 0.337 e. The van der Waals surface area contributed by atoms with Crippen LogP contribution in [0, 0.1) is 0 Å². The highest BCUT2D eigenvalue weighted by molar-refractivity contribution is 9.10. The molecule has 0 atom stereocenters. The lowest BCUT2D eigenvalue weighted by molar-refractivity contribution is 0.0600. The van der Waals surface area contributed by atoms with Crippen LogP contribution in [0.15, 0.2) is 126 Å². The normalized spacial score (nSPS) is 11.0. The number of benzene rings is 4. The van der Waals surface area contributed by atoms with Gasteiger partial charge in [-0.2, -0.15) is 0 Å². The predicted octanol–water partition coefficient (Wildman–Crippen LogP) is 8.26. The first-order valence-corrected chi connectivity index (χ1v) is 12.9. The summed E-state index contributed by atoms with van der Waals surface area (Å²) < 4.78 is 7.97. The molecule has 5 aromatic rings. The van der Waals surface area contributed by atoms with Gasteiger partial charge in [-0.05, 0) is 77.9 Å².